The van der Waals surface area contributed by atoms with Crippen molar-refractivity contribution >= 4 is 22.6 Å². The van der Waals surface area contributed by atoms with E-state index in [9.17, 15) is 5.11 Å². The second-order valence-corrected chi connectivity index (χ2v) is 3.18. The van der Waals surface area contributed by atoms with Crippen LogP contribution in [-0.2, 0) is 0 Å². The van der Waals surface area contributed by atoms with Crippen molar-refractivity contribution in [3.8, 4) is 5.75 Å². The lowest BCUT2D eigenvalue weighted by molar-refractivity contribution is 0.476. The summed E-state index contributed by atoms with van der Waals surface area (Å²) in [4.78, 5) is 8.03. The van der Waals surface area contributed by atoms with E-state index in [0.717, 1.165) is 0 Å². The van der Waals surface area contributed by atoms with E-state index in [0.29, 0.717) is 21.6 Å². The van der Waals surface area contributed by atoms with Gasteiger partial charge in [-0.1, -0.05) is 39.3 Å². The first-order valence-electron chi connectivity index (χ1n) is 5.79. The molecule has 0 saturated carbocycles. The van der Waals surface area contributed by atoms with Gasteiger partial charge >= 0.3 is 0 Å². The number of aromatic hydroxyl groups is 1. The molecule has 0 atom stereocenters. The highest BCUT2D eigenvalue weighted by Gasteiger charge is 2.08. The van der Waals surface area contributed by atoms with E-state index in [-0.39, 0.29) is 5.75 Å². The summed E-state index contributed by atoms with van der Waals surface area (Å²) < 4.78 is 0. The minimum Gasteiger partial charge on any atom is -0.505 e. The highest BCUT2D eigenvalue weighted by molar-refractivity contribution is 6.35. The van der Waals surface area contributed by atoms with Crippen molar-refractivity contribution in [3.05, 3.63) is 29.0 Å². The van der Waals surface area contributed by atoms with Gasteiger partial charge in [0.1, 0.15) is 16.8 Å². The fraction of sp³-hybridized carbons (Fsp3) is 0.385. The minimum atomic E-state index is 0.146. The number of phenols is 1. The maximum absolute atomic E-state index is 9.62. The Hall–Kier alpha value is -1.35. The largest absolute Gasteiger partial charge is 0.505 e. The molecule has 0 aliphatic heterocycles. The fourth-order valence-electron chi connectivity index (χ4n) is 1.20. The Balaban J connectivity index is 0.000000581. The van der Waals surface area contributed by atoms with E-state index in [1.54, 1.807) is 19.2 Å². The highest BCUT2D eigenvalue weighted by atomic mass is 35.5. The minimum absolute atomic E-state index is 0.146. The van der Waals surface area contributed by atoms with Gasteiger partial charge in [-0.05, 0) is 18.6 Å². The number of nitrogens with zero attached hydrogens (tertiary/aromatic N) is 2. The first-order valence-corrected chi connectivity index (χ1v) is 6.16. The quantitative estimate of drug-likeness (QED) is 0.760. The summed E-state index contributed by atoms with van der Waals surface area (Å²) in [7, 11) is 0. The van der Waals surface area contributed by atoms with Gasteiger partial charge < -0.3 is 5.11 Å². The monoisotopic (exact) mass is 254 g/mol. The number of benzene rings is 1. The average molecular weight is 255 g/mol. The standard InChI is InChI=1S/C9H7ClN2O.2C2H6/c1-5-4-6(10)7-8(9(5)13)12-3-2-11-7;2*1-2/h2-4,13H,1H3;2*1-2H3. The Bertz CT molecular complexity index is 472. The predicted molar refractivity (Wildman–Crippen MR) is 73.6 cm³/mol. The van der Waals surface area contributed by atoms with Crippen LogP contribution in [0.15, 0.2) is 18.5 Å². The van der Waals surface area contributed by atoms with Gasteiger partial charge in [0, 0.05) is 12.4 Å². The maximum Gasteiger partial charge on any atom is 0.146 e. The van der Waals surface area contributed by atoms with Gasteiger partial charge in [0.05, 0.1) is 5.02 Å². The molecule has 0 amide bonds. The molecule has 0 radical (unpaired) electrons. The van der Waals surface area contributed by atoms with Gasteiger partial charge in [-0.25, -0.2) is 4.98 Å². The van der Waals surface area contributed by atoms with Crippen LogP contribution in [0.2, 0.25) is 5.02 Å². The predicted octanol–water partition coefficient (Wildman–Crippen LogP) is 4.35. The molecule has 94 valence electrons. The van der Waals surface area contributed by atoms with E-state index in [1.807, 2.05) is 27.7 Å². The molecule has 0 saturated heterocycles. The number of phenolic OH excluding ortho intramolecular Hbond substituents is 1. The normalized spacial score (nSPS) is 8.82. The van der Waals surface area contributed by atoms with Crippen molar-refractivity contribution in [1.82, 2.24) is 9.97 Å². The third-order valence-corrected chi connectivity index (χ3v) is 2.15. The molecule has 0 unspecified atom stereocenters. The third kappa shape index (κ3) is 3.56. The number of halogens is 1. The van der Waals surface area contributed by atoms with Gasteiger partial charge in [-0.2, -0.15) is 0 Å². The number of aryl methyl sites for hydroxylation is 1. The first-order chi connectivity index (χ1) is 8.20. The molecule has 4 heteroatoms. The van der Waals surface area contributed by atoms with Gasteiger partial charge in [-0.15, -0.1) is 0 Å². The molecular weight excluding hydrogens is 236 g/mol. The molecule has 0 fully saturated rings. The van der Waals surface area contributed by atoms with Gasteiger partial charge in [0.15, 0.2) is 0 Å². The summed E-state index contributed by atoms with van der Waals surface area (Å²) in [5.41, 5.74) is 1.69. The van der Waals surface area contributed by atoms with E-state index in [1.165, 1.54) is 6.20 Å². The first kappa shape index (κ1) is 15.7. The second kappa shape index (κ2) is 7.85. The fourth-order valence-corrected chi connectivity index (χ4v) is 1.50. The third-order valence-electron chi connectivity index (χ3n) is 1.87. The molecule has 1 aromatic heterocycles. The van der Waals surface area contributed by atoms with E-state index in [2.05, 4.69) is 9.97 Å². The van der Waals surface area contributed by atoms with Crippen LogP contribution in [0, 0.1) is 6.92 Å². The molecule has 0 bridgehead atoms. The van der Waals surface area contributed by atoms with Crippen molar-refractivity contribution in [1.29, 1.82) is 0 Å². The molecule has 0 spiro atoms. The molecule has 2 rings (SSSR count). The second-order valence-electron chi connectivity index (χ2n) is 2.78. The topological polar surface area (TPSA) is 46.0 Å². The summed E-state index contributed by atoms with van der Waals surface area (Å²) in [6.07, 6.45) is 3.07. The lowest BCUT2D eigenvalue weighted by Gasteiger charge is -2.03. The van der Waals surface area contributed by atoms with Crippen molar-refractivity contribution < 1.29 is 5.11 Å². The molecular formula is C13H19ClN2O. The number of hydrogen-bond donors (Lipinski definition) is 1. The van der Waals surface area contributed by atoms with Crippen LogP contribution < -0.4 is 0 Å². The van der Waals surface area contributed by atoms with Crippen LogP contribution in [0.25, 0.3) is 11.0 Å². The number of aromatic nitrogens is 2. The molecule has 0 aliphatic rings. The smallest absolute Gasteiger partial charge is 0.146 e. The number of fused-ring (bicyclic) bond motifs is 1. The van der Waals surface area contributed by atoms with Crippen LogP contribution in [0.5, 0.6) is 5.75 Å². The Morgan fingerprint density at radius 1 is 1.00 bits per heavy atom. The van der Waals surface area contributed by atoms with Crippen LogP contribution in [0.3, 0.4) is 0 Å². The van der Waals surface area contributed by atoms with E-state index >= 15 is 0 Å². The van der Waals surface area contributed by atoms with Gasteiger partial charge in [-0.3, -0.25) is 4.98 Å². The van der Waals surface area contributed by atoms with Crippen molar-refractivity contribution in [2.75, 3.05) is 0 Å². The Morgan fingerprint density at radius 2 is 1.47 bits per heavy atom. The molecule has 1 heterocycles. The van der Waals surface area contributed by atoms with Gasteiger partial charge in [0.2, 0.25) is 0 Å². The van der Waals surface area contributed by atoms with Crippen LogP contribution in [-0.4, -0.2) is 15.1 Å². The SMILES string of the molecule is CC.CC.Cc1cc(Cl)c2nccnc2c1O. The number of rotatable bonds is 0. The van der Waals surface area contributed by atoms with Crippen molar-refractivity contribution in [2.24, 2.45) is 0 Å². The van der Waals surface area contributed by atoms with Crippen LogP contribution in [0.1, 0.15) is 33.3 Å². The molecule has 1 N–H and O–H groups in total. The summed E-state index contributed by atoms with van der Waals surface area (Å²) >= 11 is 5.92. The van der Waals surface area contributed by atoms with E-state index in [4.69, 9.17) is 11.6 Å². The zero-order valence-corrected chi connectivity index (χ0v) is 11.7. The molecule has 1 aromatic carbocycles. The summed E-state index contributed by atoms with van der Waals surface area (Å²) in [6, 6.07) is 1.67. The lowest BCUT2D eigenvalue weighted by Crippen LogP contribution is -1.86. The molecule has 0 aliphatic carbocycles. The average Bonchev–Trinajstić information content (AvgIpc) is 2.41. The zero-order valence-electron chi connectivity index (χ0n) is 11.0. The Kier molecular flexibility index (Phi) is 7.22. The molecule has 2 aromatic rings. The van der Waals surface area contributed by atoms with Gasteiger partial charge in [0.25, 0.3) is 0 Å². The number of hydrogen-bond acceptors (Lipinski definition) is 3. The Labute approximate surface area is 107 Å². The van der Waals surface area contributed by atoms with Crippen molar-refractivity contribution in [2.45, 2.75) is 34.6 Å². The van der Waals surface area contributed by atoms with Crippen molar-refractivity contribution in [3.63, 3.8) is 0 Å². The summed E-state index contributed by atoms with van der Waals surface area (Å²) in [6.45, 7) is 9.77. The van der Waals surface area contributed by atoms with Crippen LogP contribution >= 0.6 is 11.6 Å². The zero-order chi connectivity index (χ0) is 13.4. The van der Waals surface area contributed by atoms with E-state index < -0.39 is 0 Å². The molecule has 3 nitrogen and oxygen atoms in total. The lowest BCUT2D eigenvalue weighted by atomic mass is 10.2. The maximum atomic E-state index is 9.62. The molecule has 17 heavy (non-hydrogen) atoms. The summed E-state index contributed by atoms with van der Waals surface area (Å²) in [5, 5.41) is 10.1. The highest BCUT2D eigenvalue weighted by Crippen LogP contribution is 2.30. The summed E-state index contributed by atoms with van der Waals surface area (Å²) in [5.74, 6) is 0.146. The Morgan fingerprint density at radius 3 is 2.00 bits per heavy atom. The van der Waals surface area contributed by atoms with Crippen LogP contribution in [0.4, 0.5) is 0 Å².